The molecule has 5 nitrogen and oxygen atoms in total. The van der Waals surface area contributed by atoms with Crippen LogP contribution in [0, 0.1) is 0 Å². The van der Waals surface area contributed by atoms with E-state index in [1.807, 2.05) is 43.1 Å². The molecule has 0 saturated carbocycles. The van der Waals surface area contributed by atoms with Crippen LogP contribution in [0.1, 0.15) is 22.3 Å². The van der Waals surface area contributed by atoms with Crippen LogP contribution in [0.15, 0.2) is 29.8 Å². The highest BCUT2D eigenvalue weighted by Gasteiger charge is 2.13. The van der Waals surface area contributed by atoms with Crippen molar-refractivity contribution in [2.75, 3.05) is 30.4 Å². The maximum atomic E-state index is 12.2. The number of aromatic nitrogens is 1. The summed E-state index contributed by atoms with van der Waals surface area (Å²) in [5.74, 6) is -0.120. The number of aliphatic hydroxyl groups is 1. The maximum absolute atomic E-state index is 12.2. The predicted molar refractivity (Wildman–Crippen MR) is 86.2 cm³/mol. The molecule has 1 heterocycles. The second kappa shape index (κ2) is 7.19. The first-order chi connectivity index (χ1) is 10.2. The molecule has 21 heavy (non-hydrogen) atoms. The van der Waals surface area contributed by atoms with E-state index in [1.54, 1.807) is 5.51 Å². The molecule has 1 amide bonds. The van der Waals surface area contributed by atoms with Crippen molar-refractivity contribution in [1.29, 1.82) is 0 Å². The van der Waals surface area contributed by atoms with E-state index in [0.29, 0.717) is 11.4 Å². The summed E-state index contributed by atoms with van der Waals surface area (Å²) >= 11 is 1.36. The minimum atomic E-state index is -0.120. The van der Waals surface area contributed by atoms with Crippen molar-refractivity contribution >= 4 is 28.6 Å². The Morgan fingerprint density at radius 1 is 1.38 bits per heavy atom. The minimum absolute atomic E-state index is 0.111. The monoisotopic (exact) mass is 305 g/mol. The van der Waals surface area contributed by atoms with Crippen molar-refractivity contribution in [2.24, 2.45) is 0 Å². The number of thiazole rings is 1. The molecule has 0 aliphatic carbocycles. The van der Waals surface area contributed by atoms with Crippen molar-refractivity contribution < 1.29 is 9.90 Å². The average molecular weight is 305 g/mol. The Morgan fingerprint density at radius 3 is 2.71 bits per heavy atom. The Kier molecular flexibility index (Phi) is 5.30. The second-order valence-electron chi connectivity index (χ2n) is 4.63. The predicted octanol–water partition coefficient (Wildman–Crippen LogP) is 2.39. The fourth-order valence-corrected chi connectivity index (χ4v) is 2.75. The molecule has 2 aromatic rings. The van der Waals surface area contributed by atoms with Gasteiger partial charge in [0, 0.05) is 25.0 Å². The summed E-state index contributed by atoms with van der Waals surface area (Å²) in [7, 11) is 1.91. The van der Waals surface area contributed by atoms with E-state index < -0.39 is 0 Å². The van der Waals surface area contributed by atoms with Crippen LogP contribution in [-0.4, -0.2) is 36.2 Å². The van der Waals surface area contributed by atoms with Gasteiger partial charge in [-0.2, -0.15) is 0 Å². The summed E-state index contributed by atoms with van der Waals surface area (Å²) in [6, 6.07) is 7.54. The van der Waals surface area contributed by atoms with Crippen molar-refractivity contribution in [2.45, 2.75) is 13.3 Å². The molecule has 2 N–H and O–H groups in total. The van der Waals surface area contributed by atoms with Crippen LogP contribution in [0.2, 0.25) is 0 Å². The minimum Gasteiger partial charge on any atom is -0.395 e. The molecule has 2 rings (SSSR count). The van der Waals surface area contributed by atoms with E-state index in [-0.39, 0.29) is 12.5 Å². The Bertz CT molecular complexity index is 595. The molecular weight excluding hydrogens is 286 g/mol. The van der Waals surface area contributed by atoms with Gasteiger partial charge < -0.3 is 15.3 Å². The molecular formula is C15H19N3O2S. The highest BCUT2D eigenvalue weighted by atomic mass is 32.1. The van der Waals surface area contributed by atoms with E-state index in [9.17, 15) is 4.79 Å². The molecule has 0 aliphatic rings. The third-order valence-electron chi connectivity index (χ3n) is 3.18. The van der Waals surface area contributed by atoms with Gasteiger partial charge in [-0.15, -0.1) is 11.3 Å². The molecule has 112 valence electrons. The quantitative estimate of drug-likeness (QED) is 0.860. The third-order valence-corrected chi connectivity index (χ3v) is 4.05. The molecule has 0 saturated heterocycles. The van der Waals surface area contributed by atoms with Gasteiger partial charge in [0.15, 0.2) is 0 Å². The fourth-order valence-electron chi connectivity index (χ4n) is 1.97. The highest BCUT2D eigenvalue weighted by Crippen LogP contribution is 2.19. The van der Waals surface area contributed by atoms with Crippen molar-refractivity contribution in [1.82, 2.24) is 4.98 Å². The molecule has 0 bridgehead atoms. The van der Waals surface area contributed by atoms with Crippen molar-refractivity contribution in [3.05, 3.63) is 40.3 Å². The standard InChI is InChI=1S/C15H19N3O2S/c1-3-13-14(21-10-16-13)15(20)17-11-4-6-12(7-5-11)18(2)8-9-19/h4-7,10,19H,3,8-9H2,1-2H3,(H,17,20). The number of anilines is 2. The SMILES string of the molecule is CCc1ncsc1C(=O)Nc1ccc(N(C)CCO)cc1. The lowest BCUT2D eigenvalue weighted by molar-refractivity contribution is 0.102. The van der Waals surface area contributed by atoms with Crippen molar-refractivity contribution in [3.8, 4) is 0 Å². The lowest BCUT2D eigenvalue weighted by Crippen LogP contribution is -2.21. The van der Waals surface area contributed by atoms with Crippen LogP contribution in [0.4, 0.5) is 11.4 Å². The number of rotatable bonds is 6. The van der Waals surface area contributed by atoms with Gasteiger partial charge in [0.25, 0.3) is 5.91 Å². The number of hydrogen-bond donors (Lipinski definition) is 2. The first-order valence-electron chi connectivity index (χ1n) is 6.81. The zero-order valence-corrected chi connectivity index (χ0v) is 13.0. The maximum Gasteiger partial charge on any atom is 0.267 e. The number of amides is 1. The molecule has 6 heteroatoms. The average Bonchev–Trinajstić information content (AvgIpc) is 2.97. The second-order valence-corrected chi connectivity index (χ2v) is 5.48. The number of aryl methyl sites for hydroxylation is 1. The van der Waals surface area contributed by atoms with Gasteiger partial charge in [0.1, 0.15) is 4.88 Å². The smallest absolute Gasteiger partial charge is 0.267 e. The van der Waals surface area contributed by atoms with Crippen LogP contribution in [0.3, 0.4) is 0 Å². The first-order valence-corrected chi connectivity index (χ1v) is 7.69. The van der Waals surface area contributed by atoms with Gasteiger partial charge in [-0.1, -0.05) is 6.92 Å². The van der Waals surface area contributed by atoms with Gasteiger partial charge in [0.05, 0.1) is 17.8 Å². The molecule has 0 aliphatic heterocycles. The summed E-state index contributed by atoms with van der Waals surface area (Å²) in [6.45, 7) is 2.67. The number of hydrogen-bond acceptors (Lipinski definition) is 5. The van der Waals surface area contributed by atoms with Crippen LogP contribution >= 0.6 is 11.3 Å². The largest absolute Gasteiger partial charge is 0.395 e. The molecule has 0 radical (unpaired) electrons. The van der Waals surface area contributed by atoms with Crippen LogP contribution in [0.25, 0.3) is 0 Å². The molecule has 0 unspecified atom stereocenters. The number of aliphatic hydroxyl groups excluding tert-OH is 1. The number of nitrogens with zero attached hydrogens (tertiary/aromatic N) is 2. The molecule has 0 spiro atoms. The zero-order valence-electron chi connectivity index (χ0n) is 12.2. The van der Waals surface area contributed by atoms with Crippen molar-refractivity contribution in [3.63, 3.8) is 0 Å². The molecule has 1 aromatic heterocycles. The van der Waals surface area contributed by atoms with Crippen LogP contribution in [0.5, 0.6) is 0 Å². The van der Waals surface area contributed by atoms with Gasteiger partial charge in [-0.3, -0.25) is 4.79 Å². The normalized spacial score (nSPS) is 10.4. The Morgan fingerprint density at radius 2 is 2.10 bits per heavy atom. The Hall–Kier alpha value is -1.92. The van der Waals surface area contributed by atoms with Gasteiger partial charge in [0.2, 0.25) is 0 Å². The van der Waals surface area contributed by atoms with E-state index in [4.69, 9.17) is 5.11 Å². The number of carbonyl (C=O) groups is 1. The third kappa shape index (κ3) is 3.80. The summed E-state index contributed by atoms with van der Waals surface area (Å²) in [5, 5.41) is 11.8. The van der Waals surface area contributed by atoms with E-state index in [1.165, 1.54) is 11.3 Å². The van der Waals surface area contributed by atoms with Gasteiger partial charge >= 0.3 is 0 Å². The van der Waals surface area contributed by atoms with Gasteiger partial charge in [-0.05, 0) is 30.7 Å². The molecule has 0 fully saturated rings. The lowest BCUT2D eigenvalue weighted by Gasteiger charge is -2.18. The summed E-state index contributed by atoms with van der Waals surface area (Å²) < 4.78 is 0. The lowest BCUT2D eigenvalue weighted by atomic mass is 10.2. The first kappa shape index (κ1) is 15.5. The number of likely N-dealkylation sites (N-methyl/N-ethyl adjacent to an activating group) is 1. The summed E-state index contributed by atoms with van der Waals surface area (Å²) in [4.78, 5) is 19.0. The number of carbonyl (C=O) groups excluding carboxylic acids is 1. The van der Waals surface area contributed by atoms with E-state index >= 15 is 0 Å². The molecule has 0 atom stereocenters. The van der Waals surface area contributed by atoms with E-state index in [0.717, 1.165) is 23.5 Å². The molecule has 1 aromatic carbocycles. The summed E-state index contributed by atoms with van der Waals surface area (Å²) in [6.07, 6.45) is 0.747. The number of benzene rings is 1. The topological polar surface area (TPSA) is 65.5 Å². The Balaban J connectivity index is 2.05. The zero-order chi connectivity index (χ0) is 15.2. The fraction of sp³-hybridized carbons (Fsp3) is 0.333. The van der Waals surface area contributed by atoms with Gasteiger partial charge in [-0.25, -0.2) is 4.98 Å². The van der Waals surface area contributed by atoms with E-state index in [2.05, 4.69) is 10.3 Å². The summed E-state index contributed by atoms with van der Waals surface area (Å²) in [5.41, 5.74) is 4.27. The Labute approximate surface area is 128 Å². The number of nitrogens with one attached hydrogen (secondary N) is 1. The van der Waals surface area contributed by atoms with Crippen LogP contribution < -0.4 is 10.2 Å². The highest BCUT2D eigenvalue weighted by molar-refractivity contribution is 7.12. The van der Waals surface area contributed by atoms with Crippen LogP contribution in [-0.2, 0) is 6.42 Å².